The average molecular weight is 397 g/mol. The summed E-state index contributed by atoms with van der Waals surface area (Å²) in [5.41, 5.74) is 3.88. The van der Waals surface area contributed by atoms with E-state index in [1.165, 1.54) is 11.1 Å². The minimum absolute atomic E-state index is 0.00633. The van der Waals surface area contributed by atoms with Gasteiger partial charge in [-0.3, -0.25) is 9.59 Å². The Morgan fingerprint density at radius 2 is 1.76 bits per heavy atom. The molecule has 0 saturated carbocycles. The number of aryl methyl sites for hydroxylation is 2. The van der Waals surface area contributed by atoms with Gasteiger partial charge in [-0.2, -0.15) is 0 Å². The number of hydrogen-bond donors (Lipinski definition) is 1. The molecule has 154 valence electrons. The Hall–Kier alpha value is -2.86. The van der Waals surface area contributed by atoms with Crippen LogP contribution in [-0.2, 0) is 22.4 Å². The number of Topliss-reactive ketones (excluding diaryl/α,β-unsaturated/α-hetero) is 1. The predicted octanol–water partition coefficient (Wildman–Crippen LogP) is 3.81. The highest BCUT2D eigenvalue weighted by Crippen LogP contribution is 2.30. The molecule has 6 heteroatoms. The Morgan fingerprint density at radius 1 is 0.931 bits per heavy atom. The summed E-state index contributed by atoms with van der Waals surface area (Å²) in [5.74, 6) is 0.878. The number of hydrogen-bond acceptors (Lipinski definition) is 5. The number of ether oxygens (including phenoxy) is 3. The number of rotatable bonds is 10. The van der Waals surface area contributed by atoms with Crippen LogP contribution >= 0.6 is 0 Å². The fourth-order valence-corrected chi connectivity index (χ4v) is 3.44. The van der Waals surface area contributed by atoms with Gasteiger partial charge in [-0.25, -0.2) is 0 Å². The minimum Gasteiger partial charge on any atom is -0.493 e. The molecule has 0 fully saturated rings. The molecule has 0 radical (unpaired) electrons. The van der Waals surface area contributed by atoms with Gasteiger partial charge in [0.2, 0.25) is 5.91 Å². The minimum atomic E-state index is -0.215. The second-order valence-corrected chi connectivity index (χ2v) is 7.02. The number of amides is 1. The van der Waals surface area contributed by atoms with Crippen LogP contribution in [0.25, 0.3) is 0 Å². The van der Waals surface area contributed by atoms with Gasteiger partial charge in [0.25, 0.3) is 0 Å². The van der Waals surface area contributed by atoms with Gasteiger partial charge < -0.3 is 19.5 Å². The van der Waals surface area contributed by atoms with Gasteiger partial charge in [0, 0.05) is 37.3 Å². The Kier molecular flexibility index (Phi) is 7.25. The molecule has 0 bridgehead atoms. The van der Waals surface area contributed by atoms with Crippen LogP contribution < -0.4 is 14.8 Å². The maximum absolute atomic E-state index is 12.5. The normalized spacial score (nSPS) is 12.3. The van der Waals surface area contributed by atoms with E-state index in [0.717, 1.165) is 19.3 Å². The molecule has 6 nitrogen and oxygen atoms in total. The summed E-state index contributed by atoms with van der Waals surface area (Å²) in [7, 11) is 3.16. The van der Waals surface area contributed by atoms with Crippen molar-refractivity contribution in [3.05, 3.63) is 53.1 Å². The van der Waals surface area contributed by atoms with Gasteiger partial charge in [-0.15, -0.1) is 0 Å². The highest BCUT2D eigenvalue weighted by molar-refractivity contribution is 6.00. The van der Waals surface area contributed by atoms with Crippen LogP contribution in [0.1, 0.15) is 40.7 Å². The summed E-state index contributed by atoms with van der Waals surface area (Å²) in [6.45, 7) is 0.823. The molecule has 1 N–H and O–H groups in total. The number of carbonyl (C=O) groups is 2. The molecule has 0 unspecified atom stereocenters. The third-order valence-electron chi connectivity index (χ3n) is 4.99. The van der Waals surface area contributed by atoms with Gasteiger partial charge >= 0.3 is 0 Å². The number of methoxy groups -OCH3 is 2. The first kappa shape index (κ1) is 20.9. The summed E-state index contributed by atoms with van der Waals surface area (Å²) in [6, 6.07) is 11.1. The van der Waals surface area contributed by atoms with Crippen LogP contribution in [-0.4, -0.2) is 39.1 Å². The fraction of sp³-hybridized carbons (Fsp3) is 0.391. The molecular formula is C23H27NO5. The van der Waals surface area contributed by atoms with Gasteiger partial charge in [0.1, 0.15) is 6.61 Å². The van der Waals surface area contributed by atoms with Crippen molar-refractivity contribution in [2.75, 3.05) is 32.8 Å². The Morgan fingerprint density at radius 3 is 2.55 bits per heavy atom. The second kappa shape index (κ2) is 10.1. The summed E-state index contributed by atoms with van der Waals surface area (Å²) < 4.78 is 15.9. The highest BCUT2D eigenvalue weighted by atomic mass is 16.5. The Balaban J connectivity index is 1.54. The van der Waals surface area contributed by atoms with Crippen molar-refractivity contribution in [3.63, 3.8) is 0 Å². The highest BCUT2D eigenvalue weighted by Gasteiger charge is 2.15. The number of ketones is 1. The zero-order valence-corrected chi connectivity index (χ0v) is 17.0. The molecular weight excluding hydrogens is 370 g/mol. The zero-order chi connectivity index (χ0) is 20.6. The standard InChI is InChI=1S/C23H27NO5/c1-27-12-13-29-22-15-19(8-10-21(22)28-2)24-23(26)11-9-20(25)18-7-6-16-4-3-5-17(16)14-18/h6-8,10,14-15H,3-5,9,11-13H2,1-2H3,(H,24,26). The molecule has 3 rings (SSSR count). The van der Waals surface area contributed by atoms with Gasteiger partial charge in [0.15, 0.2) is 17.3 Å². The smallest absolute Gasteiger partial charge is 0.224 e. The second-order valence-electron chi connectivity index (χ2n) is 7.02. The number of anilines is 1. The molecule has 0 spiro atoms. The van der Waals surface area contributed by atoms with E-state index >= 15 is 0 Å². The third-order valence-corrected chi connectivity index (χ3v) is 4.99. The number of nitrogens with one attached hydrogen (secondary N) is 1. The van der Waals surface area contributed by atoms with Crippen molar-refractivity contribution in [1.29, 1.82) is 0 Å². The van der Waals surface area contributed by atoms with Gasteiger partial charge in [-0.05, 0) is 48.6 Å². The van der Waals surface area contributed by atoms with E-state index in [2.05, 4.69) is 5.32 Å². The summed E-state index contributed by atoms with van der Waals surface area (Å²) >= 11 is 0. The predicted molar refractivity (Wildman–Crippen MR) is 111 cm³/mol. The van der Waals surface area contributed by atoms with Crippen LogP contribution in [0.4, 0.5) is 5.69 Å². The molecule has 0 aliphatic heterocycles. The molecule has 0 atom stereocenters. The van der Waals surface area contributed by atoms with E-state index in [0.29, 0.717) is 36.0 Å². The topological polar surface area (TPSA) is 73.9 Å². The van der Waals surface area contributed by atoms with Gasteiger partial charge in [-0.1, -0.05) is 12.1 Å². The van der Waals surface area contributed by atoms with Crippen LogP contribution in [0.5, 0.6) is 11.5 Å². The first-order valence-corrected chi connectivity index (χ1v) is 9.85. The maximum Gasteiger partial charge on any atom is 0.224 e. The van der Waals surface area contributed by atoms with Crippen LogP contribution in [0.3, 0.4) is 0 Å². The van der Waals surface area contributed by atoms with E-state index in [9.17, 15) is 9.59 Å². The quantitative estimate of drug-likeness (QED) is 0.487. The van der Waals surface area contributed by atoms with Crippen molar-refractivity contribution in [2.24, 2.45) is 0 Å². The van der Waals surface area contributed by atoms with Gasteiger partial charge in [0.05, 0.1) is 13.7 Å². The molecule has 0 aromatic heterocycles. The Labute approximate surface area is 171 Å². The van der Waals surface area contributed by atoms with Crippen LogP contribution in [0.2, 0.25) is 0 Å². The lowest BCUT2D eigenvalue weighted by molar-refractivity contribution is -0.116. The lowest BCUT2D eigenvalue weighted by Gasteiger charge is -2.13. The van der Waals surface area contributed by atoms with Crippen molar-refractivity contribution in [1.82, 2.24) is 0 Å². The summed E-state index contributed by atoms with van der Waals surface area (Å²) in [6.07, 6.45) is 3.57. The largest absolute Gasteiger partial charge is 0.493 e. The van der Waals surface area contributed by atoms with Crippen molar-refractivity contribution >= 4 is 17.4 Å². The summed E-state index contributed by atoms with van der Waals surface area (Å²) in [5, 5.41) is 2.81. The maximum atomic E-state index is 12.5. The fourth-order valence-electron chi connectivity index (χ4n) is 3.44. The molecule has 29 heavy (non-hydrogen) atoms. The molecule has 1 aliphatic carbocycles. The lowest BCUT2D eigenvalue weighted by atomic mass is 10.0. The van der Waals surface area contributed by atoms with Crippen LogP contribution in [0.15, 0.2) is 36.4 Å². The first-order valence-electron chi connectivity index (χ1n) is 9.85. The number of benzene rings is 2. The average Bonchev–Trinajstić information content (AvgIpc) is 3.20. The first-order chi connectivity index (χ1) is 14.1. The Bertz CT molecular complexity index is 878. The third kappa shape index (κ3) is 5.57. The SMILES string of the molecule is COCCOc1cc(NC(=O)CCC(=O)c2ccc3c(c2)CCC3)ccc1OC. The molecule has 0 heterocycles. The molecule has 2 aromatic rings. The van der Waals surface area contributed by atoms with E-state index in [1.54, 1.807) is 32.4 Å². The van der Waals surface area contributed by atoms with Crippen molar-refractivity contribution in [2.45, 2.75) is 32.1 Å². The van der Waals surface area contributed by atoms with E-state index < -0.39 is 0 Å². The van der Waals surface area contributed by atoms with E-state index in [1.807, 2.05) is 18.2 Å². The monoisotopic (exact) mass is 397 g/mol. The molecule has 0 saturated heterocycles. The van der Waals surface area contributed by atoms with Crippen molar-refractivity contribution in [3.8, 4) is 11.5 Å². The zero-order valence-electron chi connectivity index (χ0n) is 17.0. The molecule has 1 aliphatic rings. The van der Waals surface area contributed by atoms with Crippen LogP contribution in [0, 0.1) is 0 Å². The van der Waals surface area contributed by atoms with E-state index in [-0.39, 0.29) is 24.5 Å². The summed E-state index contributed by atoms with van der Waals surface area (Å²) in [4.78, 5) is 24.8. The number of carbonyl (C=O) groups excluding carboxylic acids is 2. The molecule has 1 amide bonds. The lowest BCUT2D eigenvalue weighted by Crippen LogP contribution is -2.14. The number of fused-ring (bicyclic) bond motifs is 1. The van der Waals surface area contributed by atoms with E-state index in [4.69, 9.17) is 14.2 Å². The molecule has 2 aromatic carbocycles. The van der Waals surface area contributed by atoms with Crippen molar-refractivity contribution < 1.29 is 23.8 Å².